The summed E-state index contributed by atoms with van der Waals surface area (Å²) in [4.78, 5) is 12.1. The highest BCUT2D eigenvalue weighted by molar-refractivity contribution is 7.97. The predicted octanol–water partition coefficient (Wildman–Crippen LogP) is 3.53. The first-order valence-electron chi connectivity index (χ1n) is 7.22. The molecule has 0 spiro atoms. The lowest BCUT2D eigenvalue weighted by molar-refractivity contribution is 0.0954. The largest absolute Gasteiger partial charge is 0.496 e. The normalized spacial score (nSPS) is 10.3. The van der Waals surface area contributed by atoms with E-state index in [1.807, 2.05) is 48.5 Å². The van der Waals surface area contributed by atoms with Gasteiger partial charge in [0.25, 0.3) is 5.91 Å². The van der Waals surface area contributed by atoms with E-state index in [0.29, 0.717) is 12.1 Å². The Morgan fingerprint density at radius 1 is 1.14 bits per heavy atom. The molecule has 0 radical (unpaired) electrons. The molecule has 0 bridgehead atoms. The second kappa shape index (κ2) is 8.49. The van der Waals surface area contributed by atoms with Gasteiger partial charge in [0.2, 0.25) is 0 Å². The topological polar surface area (TPSA) is 38.3 Å². The summed E-state index contributed by atoms with van der Waals surface area (Å²) >= 11 is 1.77. The van der Waals surface area contributed by atoms with Crippen LogP contribution >= 0.6 is 11.8 Å². The van der Waals surface area contributed by atoms with E-state index in [9.17, 15) is 4.79 Å². The Labute approximate surface area is 136 Å². The van der Waals surface area contributed by atoms with Crippen molar-refractivity contribution < 1.29 is 9.53 Å². The molecule has 2 rings (SSSR count). The third-order valence-corrected chi connectivity index (χ3v) is 4.02. The zero-order valence-corrected chi connectivity index (χ0v) is 13.8. The highest BCUT2D eigenvalue weighted by Crippen LogP contribution is 2.17. The standard InChI is InChI=1S/C18H21NO2S/c1-21-17-6-4-3-5-15(17)11-12-19-18(20)16-9-7-14(8-10-16)13-22-2/h3-10H,11-13H2,1-2H3,(H,19,20). The molecule has 0 fully saturated rings. The molecule has 0 heterocycles. The van der Waals surface area contributed by atoms with E-state index in [1.54, 1.807) is 18.9 Å². The van der Waals surface area contributed by atoms with Crippen LogP contribution in [0.2, 0.25) is 0 Å². The number of ether oxygens (including phenoxy) is 1. The van der Waals surface area contributed by atoms with E-state index in [0.717, 1.165) is 23.5 Å². The smallest absolute Gasteiger partial charge is 0.251 e. The SMILES string of the molecule is COc1ccccc1CCNC(=O)c1ccc(CSC)cc1. The number of rotatable bonds is 7. The quantitative estimate of drug-likeness (QED) is 0.849. The first-order valence-corrected chi connectivity index (χ1v) is 8.62. The molecule has 0 saturated heterocycles. The highest BCUT2D eigenvalue weighted by Gasteiger charge is 2.06. The van der Waals surface area contributed by atoms with Crippen molar-refractivity contribution in [3.63, 3.8) is 0 Å². The molecule has 22 heavy (non-hydrogen) atoms. The maximum absolute atomic E-state index is 12.1. The lowest BCUT2D eigenvalue weighted by atomic mass is 10.1. The number of carbonyl (C=O) groups is 1. The van der Waals surface area contributed by atoms with E-state index in [-0.39, 0.29) is 5.91 Å². The maximum Gasteiger partial charge on any atom is 0.251 e. The Hall–Kier alpha value is -1.94. The van der Waals surface area contributed by atoms with Crippen molar-refractivity contribution in [2.24, 2.45) is 0 Å². The van der Waals surface area contributed by atoms with E-state index in [1.165, 1.54) is 5.56 Å². The number of hydrogen-bond donors (Lipinski definition) is 1. The van der Waals surface area contributed by atoms with E-state index in [2.05, 4.69) is 11.6 Å². The van der Waals surface area contributed by atoms with Crippen LogP contribution in [-0.4, -0.2) is 25.8 Å². The van der Waals surface area contributed by atoms with Gasteiger partial charge in [-0.2, -0.15) is 11.8 Å². The summed E-state index contributed by atoms with van der Waals surface area (Å²) in [7, 11) is 1.66. The minimum absolute atomic E-state index is 0.0365. The van der Waals surface area contributed by atoms with Gasteiger partial charge in [0, 0.05) is 17.9 Å². The van der Waals surface area contributed by atoms with Crippen molar-refractivity contribution in [2.75, 3.05) is 19.9 Å². The first-order chi connectivity index (χ1) is 10.7. The van der Waals surface area contributed by atoms with E-state index < -0.39 is 0 Å². The van der Waals surface area contributed by atoms with Gasteiger partial charge in [0.1, 0.15) is 5.75 Å². The average Bonchev–Trinajstić information content (AvgIpc) is 2.56. The summed E-state index contributed by atoms with van der Waals surface area (Å²) in [5.41, 5.74) is 3.03. The molecule has 2 aromatic rings. The predicted molar refractivity (Wildman–Crippen MR) is 92.7 cm³/mol. The van der Waals surface area contributed by atoms with Gasteiger partial charge < -0.3 is 10.1 Å². The molecular weight excluding hydrogens is 294 g/mol. The average molecular weight is 315 g/mol. The van der Waals surface area contributed by atoms with Crippen molar-refractivity contribution in [2.45, 2.75) is 12.2 Å². The third-order valence-electron chi connectivity index (χ3n) is 3.40. The Balaban J connectivity index is 1.87. The second-order valence-electron chi connectivity index (χ2n) is 4.95. The Morgan fingerprint density at radius 2 is 1.86 bits per heavy atom. The minimum atomic E-state index is -0.0365. The lowest BCUT2D eigenvalue weighted by Crippen LogP contribution is -2.25. The summed E-state index contributed by atoms with van der Waals surface area (Å²) in [6.07, 6.45) is 2.82. The fourth-order valence-corrected chi connectivity index (χ4v) is 2.77. The molecule has 2 aromatic carbocycles. The molecule has 4 heteroatoms. The number of methoxy groups -OCH3 is 1. The van der Waals surface area contributed by atoms with E-state index in [4.69, 9.17) is 4.74 Å². The minimum Gasteiger partial charge on any atom is -0.496 e. The Kier molecular flexibility index (Phi) is 6.34. The van der Waals surface area contributed by atoms with Gasteiger partial charge in [-0.05, 0) is 42.0 Å². The number of thioether (sulfide) groups is 1. The van der Waals surface area contributed by atoms with Crippen LogP contribution in [0.3, 0.4) is 0 Å². The van der Waals surface area contributed by atoms with Gasteiger partial charge >= 0.3 is 0 Å². The van der Waals surface area contributed by atoms with Crippen LogP contribution in [-0.2, 0) is 12.2 Å². The van der Waals surface area contributed by atoms with E-state index >= 15 is 0 Å². The van der Waals surface area contributed by atoms with Gasteiger partial charge in [0.05, 0.1) is 7.11 Å². The number of carbonyl (C=O) groups excluding carboxylic acids is 1. The van der Waals surface area contributed by atoms with Gasteiger partial charge in [-0.25, -0.2) is 0 Å². The summed E-state index contributed by atoms with van der Waals surface area (Å²) in [5, 5.41) is 2.95. The van der Waals surface area contributed by atoms with Crippen LogP contribution in [0.25, 0.3) is 0 Å². The molecule has 0 unspecified atom stereocenters. The summed E-state index contributed by atoms with van der Waals surface area (Å²) < 4.78 is 5.31. The molecule has 0 saturated carbocycles. The van der Waals surface area contributed by atoms with Crippen molar-refractivity contribution in [3.8, 4) is 5.75 Å². The van der Waals surface area contributed by atoms with Crippen LogP contribution in [0.1, 0.15) is 21.5 Å². The van der Waals surface area contributed by atoms with Crippen LogP contribution in [0.5, 0.6) is 5.75 Å². The van der Waals surface area contributed by atoms with Crippen LogP contribution in [0.15, 0.2) is 48.5 Å². The number of amides is 1. The van der Waals surface area contributed by atoms with Crippen molar-refractivity contribution >= 4 is 17.7 Å². The molecule has 3 nitrogen and oxygen atoms in total. The Morgan fingerprint density at radius 3 is 2.55 bits per heavy atom. The zero-order chi connectivity index (χ0) is 15.8. The van der Waals surface area contributed by atoms with Crippen molar-refractivity contribution in [1.29, 1.82) is 0 Å². The number of benzene rings is 2. The van der Waals surface area contributed by atoms with Crippen LogP contribution < -0.4 is 10.1 Å². The van der Waals surface area contributed by atoms with Crippen LogP contribution in [0.4, 0.5) is 0 Å². The maximum atomic E-state index is 12.1. The van der Waals surface area contributed by atoms with Gasteiger partial charge in [-0.3, -0.25) is 4.79 Å². The van der Waals surface area contributed by atoms with Gasteiger partial charge in [-0.1, -0.05) is 30.3 Å². The molecule has 1 amide bonds. The monoisotopic (exact) mass is 315 g/mol. The molecule has 1 N–H and O–H groups in total. The third kappa shape index (κ3) is 4.53. The van der Waals surface area contributed by atoms with Gasteiger partial charge in [-0.15, -0.1) is 0 Å². The molecule has 0 aliphatic carbocycles. The fourth-order valence-electron chi connectivity index (χ4n) is 2.24. The highest BCUT2D eigenvalue weighted by atomic mass is 32.2. The molecule has 0 atom stereocenters. The number of para-hydroxylation sites is 1. The zero-order valence-electron chi connectivity index (χ0n) is 13.0. The molecule has 0 aliphatic heterocycles. The fraction of sp³-hybridized carbons (Fsp3) is 0.278. The summed E-state index contributed by atoms with van der Waals surface area (Å²) in [6.45, 7) is 0.589. The molecule has 0 aliphatic rings. The second-order valence-corrected chi connectivity index (χ2v) is 5.81. The van der Waals surface area contributed by atoms with Crippen molar-refractivity contribution in [3.05, 3.63) is 65.2 Å². The number of hydrogen-bond acceptors (Lipinski definition) is 3. The molecule has 0 aromatic heterocycles. The summed E-state index contributed by atoms with van der Waals surface area (Å²) in [5.74, 6) is 1.79. The summed E-state index contributed by atoms with van der Waals surface area (Å²) in [6, 6.07) is 15.6. The first kappa shape index (κ1) is 16.4. The number of nitrogens with one attached hydrogen (secondary N) is 1. The molecule has 116 valence electrons. The van der Waals surface area contributed by atoms with Crippen molar-refractivity contribution in [1.82, 2.24) is 5.32 Å². The van der Waals surface area contributed by atoms with Crippen LogP contribution in [0, 0.1) is 0 Å². The Bertz CT molecular complexity index is 611. The van der Waals surface area contributed by atoms with Gasteiger partial charge in [0.15, 0.2) is 0 Å². The lowest BCUT2D eigenvalue weighted by Gasteiger charge is -2.09. The molecular formula is C18H21NO2S.